The molecule has 2 aromatic heterocycles. The van der Waals surface area contributed by atoms with E-state index >= 15 is 0 Å². The molecule has 0 atom stereocenters. The zero-order valence-corrected chi connectivity index (χ0v) is 14.5. The van der Waals surface area contributed by atoms with E-state index in [1.807, 2.05) is 0 Å². The molecule has 0 saturated carbocycles. The van der Waals surface area contributed by atoms with Crippen LogP contribution in [0.4, 0.5) is 17.3 Å². The van der Waals surface area contributed by atoms with E-state index in [4.69, 9.17) is 11.6 Å². The Balaban J connectivity index is 1.86. The molecule has 0 aliphatic heterocycles. The van der Waals surface area contributed by atoms with Crippen LogP contribution in [0.3, 0.4) is 0 Å². The molecular weight excluding hydrogens is 352 g/mol. The van der Waals surface area contributed by atoms with Crippen molar-refractivity contribution in [1.82, 2.24) is 19.9 Å². The van der Waals surface area contributed by atoms with Gasteiger partial charge in [0.25, 0.3) is 0 Å². The molecule has 24 heavy (non-hydrogen) atoms. The number of nitrogens with zero attached hydrogens (tertiary/aromatic N) is 3. The highest BCUT2D eigenvalue weighted by Gasteiger charge is 2.15. The van der Waals surface area contributed by atoms with Gasteiger partial charge in [-0.25, -0.2) is 13.4 Å². The first kappa shape index (κ1) is 16.5. The van der Waals surface area contributed by atoms with Gasteiger partial charge in [0.15, 0.2) is 10.8 Å². The van der Waals surface area contributed by atoms with Crippen molar-refractivity contribution in [3.8, 4) is 0 Å². The molecule has 3 rings (SSSR count). The number of anilines is 3. The molecule has 1 aromatic carbocycles. The van der Waals surface area contributed by atoms with Crippen LogP contribution in [0.25, 0.3) is 11.2 Å². The fraction of sp³-hybridized carbons (Fsp3) is 0.214. The number of H-pyrrole nitrogens is 1. The molecule has 0 aliphatic carbocycles. The Morgan fingerprint density at radius 1 is 1.21 bits per heavy atom. The standard InChI is InChI=1S/C14H15ClN6O2S/c1-8(2)24(22,23)21-10-5-3-4-9(6-10)18-14-19-12(15)11-13(20-14)17-7-16-11/h3-8,21H,1-2H3,(H2,16,17,18,19,20). The minimum absolute atomic E-state index is 0.247. The predicted molar refractivity (Wildman–Crippen MR) is 94.1 cm³/mol. The third-order valence-electron chi connectivity index (χ3n) is 3.24. The first-order chi connectivity index (χ1) is 11.3. The van der Waals surface area contributed by atoms with E-state index in [0.29, 0.717) is 22.5 Å². The molecule has 10 heteroatoms. The van der Waals surface area contributed by atoms with Crippen LogP contribution in [0.2, 0.25) is 5.15 Å². The van der Waals surface area contributed by atoms with Gasteiger partial charge in [-0.15, -0.1) is 0 Å². The SMILES string of the molecule is CC(C)S(=O)(=O)Nc1cccc(Nc2nc(Cl)c3[nH]cnc3n2)c1. The summed E-state index contributed by atoms with van der Waals surface area (Å²) in [6.45, 7) is 3.22. The van der Waals surface area contributed by atoms with Crippen molar-refractivity contribution in [3.05, 3.63) is 35.7 Å². The lowest BCUT2D eigenvalue weighted by Gasteiger charge is -2.12. The Morgan fingerprint density at radius 3 is 2.71 bits per heavy atom. The van der Waals surface area contributed by atoms with Gasteiger partial charge in [0.2, 0.25) is 16.0 Å². The highest BCUT2D eigenvalue weighted by Crippen LogP contribution is 2.23. The summed E-state index contributed by atoms with van der Waals surface area (Å²) in [5.74, 6) is 0.267. The van der Waals surface area contributed by atoms with E-state index in [0.717, 1.165) is 0 Å². The van der Waals surface area contributed by atoms with Crippen molar-refractivity contribution >= 4 is 50.1 Å². The number of hydrogen-bond donors (Lipinski definition) is 3. The van der Waals surface area contributed by atoms with E-state index in [1.165, 1.54) is 6.33 Å². The normalized spacial score (nSPS) is 11.8. The lowest BCUT2D eigenvalue weighted by molar-refractivity contribution is 0.593. The molecule has 8 nitrogen and oxygen atoms in total. The van der Waals surface area contributed by atoms with Crippen molar-refractivity contribution in [2.24, 2.45) is 0 Å². The number of hydrogen-bond acceptors (Lipinski definition) is 6. The molecule has 0 aliphatic rings. The van der Waals surface area contributed by atoms with Gasteiger partial charge in [-0.1, -0.05) is 17.7 Å². The first-order valence-corrected chi connectivity index (χ1v) is 9.03. The molecular formula is C14H15ClN6O2S. The molecule has 0 spiro atoms. The van der Waals surface area contributed by atoms with Gasteiger partial charge in [-0.2, -0.15) is 9.97 Å². The number of imidazole rings is 1. The lowest BCUT2D eigenvalue weighted by Crippen LogP contribution is -2.22. The van der Waals surface area contributed by atoms with Crippen LogP contribution in [0, 0.1) is 0 Å². The summed E-state index contributed by atoms with van der Waals surface area (Å²) in [5.41, 5.74) is 2.06. The van der Waals surface area contributed by atoms with Crippen LogP contribution in [0.1, 0.15) is 13.8 Å². The van der Waals surface area contributed by atoms with E-state index in [2.05, 4.69) is 30.0 Å². The summed E-state index contributed by atoms with van der Waals surface area (Å²) >= 11 is 6.07. The average Bonchev–Trinajstić information content (AvgIpc) is 2.96. The maximum Gasteiger partial charge on any atom is 0.235 e. The topological polar surface area (TPSA) is 113 Å². The fourth-order valence-electron chi connectivity index (χ4n) is 1.93. The molecule has 3 N–H and O–H groups in total. The third-order valence-corrected chi connectivity index (χ3v) is 5.28. The summed E-state index contributed by atoms with van der Waals surface area (Å²) < 4.78 is 26.4. The Morgan fingerprint density at radius 2 is 1.96 bits per heavy atom. The molecule has 0 bridgehead atoms. The minimum Gasteiger partial charge on any atom is -0.341 e. The van der Waals surface area contributed by atoms with E-state index in [1.54, 1.807) is 38.1 Å². The summed E-state index contributed by atoms with van der Waals surface area (Å²) in [6, 6.07) is 6.79. The smallest absolute Gasteiger partial charge is 0.235 e. The second-order valence-electron chi connectivity index (χ2n) is 5.34. The third kappa shape index (κ3) is 3.41. The molecule has 2 heterocycles. The predicted octanol–water partition coefficient (Wildman–Crippen LogP) is 2.90. The number of fused-ring (bicyclic) bond motifs is 1. The van der Waals surface area contributed by atoms with Crippen LogP contribution >= 0.6 is 11.6 Å². The quantitative estimate of drug-likeness (QED) is 0.598. The van der Waals surface area contributed by atoms with Gasteiger partial charge in [0.05, 0.1) is 17.3 Å². The maximum atomic E-state index is 11.9. The number of halogens is 1. The van der Waals surface area contributed by atoms with Gasteiger partial charge < -0.3 is 10.3 Å². The van der Waals surface area contributed by atoms with Crippen molar-refractivity contribution in [2.75, 3.05) is 10.0 Å². The minimum atomic E-state index is -3.41. The second kappa shape index (κ2) is 6.25. The van der Waals surface area contributed by atoms with Crippen molar-refractivity contribution in [1.29, 1.82) is 0 Å². The van der Waals surface area contributed by atoms with E-state index in [9.17, 15) is 8.42 Å². The summed E-state index contributed by atoms with van der Waals surface area (Å²) in [7, 11) is -3.41. The molecule has 3 aromatic rings. The van der Waals surface area contributed by atoms with E-state index < -0.39 is 15.3 Å². The number of aromatic nitrogens is 4. The number of benzene rings is 1. The monoisotopic (exact) mass is 366 g/mol. The molecule has 0 radical (unpaired) electrons. The average molecular weight is 367 g/mol. The number of rotatable bonds is 5. The van der Waals surface area contributed by atoms with Crippen molar-refractivity contribution in [2.45, 2.75) is 19.1 Å². The van der Waals surface area contributed by atoms with Crippen LogP contribution in [-0.4, -0.2) is 33.6 Å². The zero-order valence-electron chi connectivity index (χ0n) is 12.9. The second-order valence-corrected chi connectivity index (χ2v) is 7.94. The largest absolute Gasteiger partial charge is 0.341 e. The fourth-order valence-corrected chi connectivity index (χ4v) is 2.84. The molecule has 0 saturated heterocycles. The van der Waals surface area contributed by atoms with Gasteiger partial charge in [0.1, 0.15) is 5.52 Å². The highest BCUT2D eigenvalue weighted by atomic mass is 35.5. The number of nitrogens with one attached hydrogen (secondary N) is 3. The Hall–Kier alpha value is -2.39. The van der Waals surface area contributed by atoms with Gasteiger partial charge in [-0.05, 0) is 32.0 Å². The van der Waals surface area contributed by atoms with E-state index in [-0.39, 0.29) is 11.1 Å². The highest BCUT2D eigenvalue weighted by molar-refractivity contribution is 7.93. The Labute approximate surface area is 143 Å². The van der Waals surface area contributed by atoms with Crippen LogP contribution in [0.15, 0.2) is 30.6 Å². The summed E-state index contributed by atoms with van der Waals surface area (Å²) in [4.78, 5) is 15.3. The van der Waals surface area contributed by atoms with Crippen molar-refractivity contribution < 1.29 is 8.42 Å². The van der Waals surface area contributed by atoms with Gasteiger partial charge >= 0.3 is 0 Å². The van der Waals surface area contributed by atoms with Crippen LogP contribution < -0.4 is 10.0 Å². The van der Waals surface area contributed by atoms with Crippen LogP contribution in [0.5, 0.6) is 0 Å². The number of sulfonamides is 1. The zero-order chi connectivity index (χ0) is 17.3. The van der Waals surface area contributed by atoms with Crippen molar-refractivity contribution in [3.63, 3.8) is 0 Å². The molecule has 126 valence electrons. The maximum absolute atomic E-state index is 11.9. The molecule has 0 unspecified atom stereocenters. The van der Waals surface area contributed by atoms with Crippen LogP contribution in [-0.2, 0) is 10.0 Å². The summed E-state index contributed by atoms with van der Waals surface area (Å²) in [6.07, 6.45) is 1.48. The summed E-state index contributed by atoms with van der Waals surface area (Å²) in [5, 5.41) is 2.70. The Bertz CT molecular complexity index is 986. The lowest BCUT2D eigenvalue weighted by atomic mass is 10.3. The first-order valence-electron chi connectivity index (χ1n) is 7.10. The van der Waals surface area contributed by atoms with Gasteiger partial charge in [-0.3, -0.25) is 4.72 Å². The number of aromatic amines is 1. The molecule has 0 amide bonds. The van der Waals surface area contributed by atoms with Gasteiger partial charge in [0, 0.05) is 5.69 Å². The Kier molecular flexibility index (Phi) is 4.29. The molecule has 0 fully saturated rings.